The number of hydrogen-bond donors (Lipinski definition) is 0. The van der Waals surface area contributed by atoms with Crippen molar-refractivity contribution >= 4 is 11.6 Å². The summed E-state index contributed by atoms with van der Waals surface area (Å²) in [4.78, 5) is 0. The Labute approximate surface area is 129 Å². The summed E-state index contributed by atoms with van der Waals surface area (Å²) in [5, 5.41) is 0. The van der Waals surface area contributed by atoms with Gasteiger partial charge in [0.2, 0.25) is 0 Å². The third-order valence-electron chi connectivity index (χ3n) is 3.44. The van der Waals surface area contributed by atoms with Crippen molar-refractivity contribution in [2.24, 2.45) is 5.92 Å². The SMILES string of the molecule is CC(CCl)COc1ccc(C(C)(C)C)cc1C(C)(C)C. The predicted molar refractivity (Wildman–Crippen MR) is 89.2 cm³/mol. The van der Waals surface area contributed by atoms with Crippen LogP contribution in [0, 0.1) is 5.92 Å². The molecule has 0 aliphatic carbocycles. The van der Waals surface area contributed by atoms with Gasteiger partial charge >= 0.3 is 0 Å². The average molecular weight is 297 g/mol. The molecule has 2 heteroatoms. The van der Waals surface area contributed by atoms with E-state index in [-0.39, 0.29) is 10.8 Å². The maximum Gasteiger partial charge on any atom is 0.123 e. The molecule has 1 unspecified atom stereocenters. The van der Waals surface area contributed by atoms with Crippen LogP contribution in [0.5, 0.6) is 5.75 Å². The Morgan fingerprint density at radius 1 is 1.05 bits per heavy atom. The molecule has 0 N–H and O–H groups in total. The molecule has 0 amide bonds. The largest absolute Gasteiger partial charge is 0.493 e. The van der Waals surface area contributed by atoms with Crippen molar-refractivity contribution < 1.29 is 4.74 Å². The summed E-state index contributed by atoms with van der Waals surface area (Å²) in [6.45, 7) is 16.2. The second kappa shape index (κ2) is 6.39. The molecule has 1 atom stereocenters. The Bertz CT molecular complexity index is 438. The number of benzene rings is 1. The molecular weight excluding hydrogens is 268 g/mol. The quantitative estimate of drug-likeness (QED) is 0.663. The van der Waals surface area contributed by atoms with Gasteiger partial charge in [0, 0.05) is 11.8 Å². The molecule has 1 aromatic rings. The van der Waals surface area contributed by atoms with E-state index in [1.807, 2.05) is 0 Å². The van der Waals surface area contributed by atoms with Gasteiger partial charge in [-0.2, -0.15) is 0 Å². The Hall–Kier alpha value is -0.690. The van der Waals surface area contributed by atoms with E-state index in [4.69, 9.17) is 16.3 Å². The van der Waals surface area contributed by atoms with Crippen LogP contribution < -0.4 is 4.74 Å². The highest BCUT2D eigenvalue weighted by atomic mass is 35.5. The Kier molecular flexibility index (Phi) is 5.54. The van der Waals surface area contributed by atoms with Gasteiger partial charge in [0.05, 0.1) is 6.61 Å². The smallest absolute Gasteiger partial charge is 0.123 e. The molecule has 20 heavy (non-hydrogen) atoms. The van der Waals surface area contributed by atoms with Gasteiger partial charge in [0.25, 0.3) is 0 Å². The number of rotatable bonds is 4. The van der Waals surface area contributed by atoms with Crippen molar-refractivity contribution in [3.05, 3.63) is 29.3 Å². The van der Waals surface area contributed by atoms with Gasteiger partial charge in [0.1, 0.15) is 5.75 Å². The molecule has 0 fully saturated rings. The zero-order valence-corrected chi connectivity index (χ0v) is 14.8. The fraction of sp³-hybridized carbons (Fsp3) is 0.667. The van der Waals surface area contributed by atoms with Crippen molar-refractivity contribution in [1.82, 2.24) is 0 Å². The van der Waals surface area contributed by atoms with Gasteiger partial charge in [0.15, 0.2) is 0 Å². The number of alkyl halides is 1. The van der Waals surface area contributed by atoms with E-state index in [0.29, 0.717) is 18.4 Å². The molecule has 0 radical (unpaired) electrons. The molecule has 0 saturated carbocycles. The minimum Gasteiger partial charge on any atom is -0.493 e. The summed E-state index contributed by atoms with van der Waals surface area (Å²) in [5.74, 6) is 1.99. The molecule has 0 heterocycles. The van der Waals surface area contributed by atoms with Crippen LogP contribution in [0.25, 0.3) is 0 Å². The minimum absolute atomic E-state index is 0.0702. The van der Waals surface area contributed by atoms with Gasteiger partial charge in [-0.25, -0.2) is 0 Å². The lowest BCUT2D eigenvalue weighted by Crippen LogP contribution is -2.19. The summed E-state index contributed by atoms with van der Waals surface area (Å²) < 4.78 is 6.00. The lowest BCUT2D eigenvalue weighted by Gasteiger charge is -2.27. The van der Waals surface area contributed by atoms with Crippen LogP contribution in [0.15, 0.2) is 18.2 Å². The third kappa shape index (κ3) is 4.70. The van der Waals surface area contributed by atoms with E-state index < -0.39 is 0 Å². The molecule has 114 valence electrons. The van der Waals surface area contributed by atoms with Gasteiger partial charge in [-0.15, -0.1) is 11.6 Å². The lowest BCUT2D eigenvalue weighted by molar-refractivity contribution is 0.266. The summed E-state index contributed by atoms with van der Waals surface area (Å²) in [7, 11) is 0. The van der Waals surface area contributed by atoms with Crippen LogP contribution in [-0.4, -0.2) is 12.5 Å². The minimum atomic E-state index is 0.0702. The molecule has 0 aromatic heterocycles. The Balaban J connectivity index is 3.12. The first-order chi connectivity index (χ1) is 9.05. The maximum atomic E-state index is 6.00. The van der Waals surface area contributed by atoms with Crippen LogP contribution in [0.4, 0.5) is 0 Å². The van der Waals surface area contributed by atoms with Gasteiger partial charge < -0.3 is 4.74 Å². The van der Waals surface area contributed by atoms with E-state index in [2.05, 4.69) is 66.7 Å². The highest BCUT2D eigenvalue weighted by molar-refractivity contribution is 6.18. The number of hydrogen-bond acceptors (Lipinski definition) is 1. The molecule has 0 saturated heterocycles. The lowest BCUT2D eigenvalue weighted by atomic mass is 9.80. The molecule has 1 aromatic carbocycles. The zero-order valence-electron chi connectivity index (χ0n) is 14.0. The monoisotopic (exact) mass is 296 g/mol. The van der Waals surface area contributed by atoms with Gasteiger partial charge in [-0.1, -0.05) is 60.6 Å². The summed E-state index contributed by atoms with van der Waals surface area (Å²) in [6, 6.07) is 6.58. The summed E-state index contributed by atoms with van der Waals surface area (Å²) >= 11 is 5.85. The van der Waals surface area contributed by atoms with Crippen LogP contribution in [0.3, 0.4) is 0 Å². The fourth-order valence-electron chi connectivity index (χ4n) is 1.99. The van der Waals surface area contributed by atoms with E-state index in [9.17, 15) is 0 Å². The molecule has 0 spiro atoms. The normalized spacial score (nSPS) is 14.2. The van der Waals surface area contributed by atoms with Crippen LogP contribution >= 0.6 is 11.6 Å². The van der Waals surface area contributed by atoms with E-state index >= 15 is 0 Å². The molecule has 1 nitrogen and oxygen atoms in total. The zero-order chi connectivity index (χ0) is 15.6. The Morgan fingerprint density at radius 3 is 2.10 bits per heavy atom. The van der Waals surface area contributed by atoms with Crippen LogP contribution in [0.1, 0.15) is 59.6 Å². The van der Waals surface area contributed by atoms with Crippen molar-refractivity contribution in [3.8, 4) is 5.75 Å². The first-order valence-electron chi connectivity index (χ1n) is 7.39. The van der Waals surface area contributed by atoms with E-state index in [1.54, 1.807) is 0 Å². The summed E-state index contributed by atoms with van der Waals surface area (Å²) in [6.07, 6.45) is 0. The van der Waals surface area contributed by atoms with Crippen molar-refractivity contribution in [3.63, 3.8) is 0 Å². The summed E-state index contributed by atoms with van der Waals surface area (Å²) in [5.41, 5.74) is 2.84. The third-order valence-corrected chi connectivity index (χ3v) is 3.97. The van der Waals surface area contributed by atoms with Gasteiger partial charge in [-0.3, -0.25) is 0 Å². The highest BCUT2D eigenvalue weighted by Crippen LogP contribution is 2.35. The molecule has 0 aliphatic heterocycles. The number of halogens is 1. The molecular formula is C18H29ClO. The highest BCUT2D eigenvalue weighted by Gasteiger charge is 2.23. The average Bonchev–Trinajstić information content (AvgIpc) is 2.33. The van der Waals surface area contributed by atoms with Crippen molar-refractivity contribution in [2.45, 2.75) is 59.3 Å². The molecule has 0 aliphatic rings. The first kappa shape index (κ1) is 17.4. The molecule has 0 bridgehead atoms. The number of ether oxygens (including phenoxy) is 1. The Morgan fingerprint density at radius 2 is 1.65 bits per heavy atom. The topological polar surface area (TPSA) is 9.23 Å². The maximum absolute atomic E-state index is 6.00. The van der Waals surface area contributed by atoms with Gasteiger partial charge in [-0.05, 0) is 28.0 Å². The second-order valence-electron chi connectivity index (χ2n) is 7.78. The van der Waals surface area contributed by atoms with Crippen molar-refractivity contribution in [2.75, 3.05) is 12.5 Å². The second-order valence-corrected chi connectivity index (χ2v) is 8.09. The standard InChI is InChI=1S/C18H29ClO/c1-13(11-19)12-20-16-9-8-14(17(2,3)4)10-15(16)18(5,6)7/h8-10,13H,11-12H2,1-7H3. The van der Waals surface area contributed by atoms with Crippen molar-refractivity contribution in [1.29, 1.82) is 0 Å². The van der Waals surface area contributed by atoms with E-state index in [0.717, 1.165) is 5.75 Å². The molecule has 1 rings (SSSR count). The predicted octanol–water partition coefficient (Wildman–Crippen LogP) is 5.54. The van der Waals surface area contributed by atoms with Crippen LogP contribution in [0.2, 0.25) is 0 Å². The first-order valence-corrected chi connectivity index (χ1v) is 7.93. The fourth-order valence-corrected chi connectivity index (χ4v) is 2.07. The van der Waals surface area contributed by atoms with Crippen LogP contribution in [-0.2, 0) is 10.8 Å². The van der Waals surface area contributed by atoms with E-state index in [1.165, 1.54) is 11.1 Å².